The molecule has 0 spiro atoms. The van der Waals surface area contributed by atoms with Crippen molar-refractivity contribution in [3.8, 4) is 10.7 Å². The predicted molar refractivity (Wildman–Crippen MR) is 81.7 cm³/mol. The van der Waals surface area contributed by atoms with Gasteiger partial charge in [-0.3, -0.25) is 4.79 Å². The van der Waals surface area contributed by atoms with Crippen LogP contribution in [0.5, 0.6) is 0 Å². The van der Waals surface area contributed by atoms with Crippen LogP contribution in [0.3, 0.4) is 0 Å². The lowest BCUT2D eigenvalue weighted by atomic mass is 10.3. The Morgan fingerprint density at radius 1 is 1.43 bits per heavy atom. The van der Waals surface area contributed by atoms with Crippen molar-refractivity contribution in [2.75, 3.05) is 0 Å². The van der Waals surface area contributed by atoms with E-state index in [2.05, 4.69) is 15.3 Å². The highest BCUT2D eigenvalue weighted by Crippen LogP contribution is 2.26. The van der Waals surface area contributed by atoms with Crippen molar-refractivity contribution in [1.29, 1.82) is 0 Å². The van der Waals surface area contributed by atoms with Crippen LogP contribution in [0, 0.1) is 0 Å². The highest BCUT2D eigenvalue weighted by atomic mass is 32.2. The molecule has 0 radical (unpaired) electrons. The second-order valence-corrected chi connectivity index (χ2v) is 6.47. The molecule has 0 amide bonds. The predicted octanol–water partition coefficient (Wildman–Crippen LogP) is 2.81. The molecular formula is C13H12N4O2S2. The summed E-state index contributed by atoms with van der Waals surface area (Å²) in [5.74, 6) is -0.155. The first kappa shape index (κ1) is 14.0. The number of hydrogen-bond donors (Lipinski definition) is 1. The van der Waals surface area contributed by atoms with Crippen molar-refractivity contribution in [1.82, 2.24) is 19.8 Å². The zero-order valence-electron chi connectivity index (χ0n) is 11.1. The van der Waals surface area contributed by atoms with Crippen molar-refractivity contribution in [3.05, 3.63) is 29.6 Å². The van der Waals surface area contributed by atoms with E-state index in [4.69, 9.17) is 5.11 Å². The van der Waals surface area contributed by atoms with Crippen LogP contribution in [-0.2, 0) is 4.79 Å². The van der Waals surface area contributed by atoms with Crippen LogP contribution in [0.2, 0.25) is 0 Å². The Kier molecular flexibility index (Phi) is 3.89. The maximum Gasteiger partial charge on any atom is 0.317 e. The lowest BCUT2D eigenvalue weighted by Gasteiger charge is -2.08. The Bertz CT molecular complexity index is 770. The molecule has 1 atom stereocenters. The lowest BCUT2D eigenvalue weighted by molar-refractivity contribution is -0.136. The molecule has 0 saturated heterocycles. The molecule has 0 aliphatic heterocycles. The number of carboxylic acid groups (broad SMARTS) is 1. The standard InChI is InChI=1S/C13H12N4O2S2/c1-2-8(13(18)19)21-11-6-5-10-14-15-12(17(10)16-11)9-4-3-7-20-9/h3-8H,2H2,1H3,(H,18,19). The van der Waals surface area contributed by atoms with E-state index in [1.54, 1.807) is 28.0 Å². The summed E-state index contributed by atoms with van der Waals surface area (Å²) in [6.45, 7) is 1.85. The minimum Gasteiger partial charge on any atom is -0.480 e. The number of aliphatic carboxylic acids is 1. The van der Waals surface area contributed by atoms with Crippen molar-refractivity contribution in [2.45, 2.75) is 23.6 Å². The highest BCUT2D eigenvalue weighted by Gasteiger charge is 2.18. The number of nitrogens with zero attached hydrogens (tertiary/aromatic N) is 4. The molecule has 1 N–H and O–H groups in total. The van der Waals surface area contributed by atoms with Gasteiger partial charge < -0.3 is 5.11 Å². The molecule has 0 aromatic carbocycles. The van der Waals surface area contributed by atoms with E-state index in [9.17, 15) is 4.79 Å². The summed E-state index contributed by atoms with van der Waals surface area (Å²) in [6.07, 6.45) is 0.541. The average molecular weight is 320 g/mol. The van der Waals surface area contributed by atoms with E-state index in [0.717, 1.165) is 4.88 Å². The molecule has 0 aliphatic carbocycles. The van der Waals surface area contributed by atoms with Crippen molar-refractivity contribution in [2.24, 2.45) is 0 Å². The van der Waals surface area contributed by atoms with E-state index in [1.807, 2.05) is 24.4 Å². The quantitative estimate of drug-likeness (QED) is 0.728. The third-order valence-corrected chi connectivity index (χ3v) is 5.03. The molecule has 3 aromatic rings. The summed E-state index contributed by atoms with van der Waals surface area (Å²) in [6, 6.07) is 7.47. The summed E-state index contributed by atoms with van der Waals surface area (Å²) < 4.78 is 1.66. The number of carbonyl (C=O) groups is 1. The van der Waals surface area contributed by atoms with Crippen molar-refractivity contribution < 1.29 is 9.90 Å². The number of carboxylic acids is 1. The van der Waals surface area contributed by atoms with Gasteiger partial charge in [0.1, 0.15) is 10.3 Å². The average Bonchev–Trinajstić information content (AvgIpc) is 3.12. The summed E-state index contributed by atoms with van der Waals surface area (Å²) in [5.41, 5.74) is 0.645. The van der Waals surface area contributed by atoms with E-state index in [1.165, 1.54) is 11.8 Å². The molecule has 21 heavy (non-hydrogen) atoms. The van der Waals surface area contributed by atoms with Crippen molar-refractivity contribution in [3.63, 3.8) is 0 Å². The topological polar surface area (TPSA) is 80.4 Å². The van der Waals surface area contributed by atoms with Gasteiger partial charge in [-0.15, -0.1) is 21.5 Å². The Hall–Kier alpha value is -1.93. The van der Waals surface area contributed by atoms with Crippen molar-refractivity contribution >= 4 is 34.7 Å². The molecule has 8 heteroatoms. The fourth-order valence-corrected chi connectivity index (χ4v) is 3.38. The first-order chi connectivity index (χ1) is 10.2. The zero-order chi connectivity index (χ0) is 14.8. The number of aromatic nitrogens is 4. The van der Waals surface area contributed by atoms with Crippen LogP contribution in [0.1, 0.15) is 13.3 Å². The van der Waals surface area contributed by atoms with Crippen LogP contribution in [0.25, 0.3) is 16.3 Å². The minimum atomic E-state index is -0.827. The number of thioether (sulfide) groups is 1. The Morgan fingerprint density at radius 2 is 2.29 bits per heavy atom. The molecule has 6 nitrogen and oxygen atoms in total. The Morgan fingerprint density at radius 3 is 2.95 bits per heavy atom. The Labute approximate surface area is 128 Å². The maximum atomic E-state index is 11.1. The molecule has 0 aliphatic rings. The first-order valence-corrected chi connectivity index (χ1v) is 8.10. The van der Waals surface area contributed by atoms with Gasteiger partial charge in [0.2, 0.25) is 0 Å². The van der Waals surface area contributed by atoms with Gasteiger partial charge in [0.05, 0.1) is 4.88 Å². The smallest absolute Gasteiger partial charge is 0.317 e. The monoisotopic (exact) mass is 320 g/mol. The van der Waals surface area contributed by atoms with Gasteiger partial charge in [-0.05, 0) is 30.0 Å². The van der Waals surface area contributed by atoms with Crippen LogP contribution < -0.4 is 0 Å². The van der Waals surface area contributed by atoms with Crippen LogP contribution in [0.4, 0.5) is 0 Å². The molecular weight excluding hydrogens is 308 g/mol. The van der Waals surface area contributed by atoms with Gasteiger partial charge in [0, 0.05) is 0 Å². The van der Waals surface area contributed by atoms with Crippen LogP contribution in [-0.4, -0.2) is 36.1 Å². The number of rotatable bonds is 5. The number of hydrogen-bond acceptors (Lipinski definition) is 6. The lowest BCUT2D eigenvalue weighted by Crippen LogP contribution is -2.15. The SMILES string of the molecule is CCC(Sc1ccc2nnc(-c3cccs3)n2n1)C(=O)O. The molecule has 0 fully saturated rings. The van der Waals surface area contributed by atoms with Crippen LogP contribution in [0.15, 0.2) is 34.7 Å². The second-order valence-electron chi connectivity index (χ2n) is 4.30. The second kappa shape index (κ2) is 5.82. The molecule has 0 bridgehead atoms. The zero-order valence-corrected chi connectivity index (χ0v) is 12.8. The third kappa shape index (κ3) is 2.77. The van der Waals surface area contributed by atoms with Gasteiger partial charge in [-0.2, -0.15) is 9.61 Å². The van der Waals surface area contributed by atoms with Gasteiger partial charge >= 0.3 is 5.97 Å². The summed E-state index contributed by atoms with van der Waals surface area (Å²) in [4.78, 5) is 12.1. The summed E-state index contributed by atoms with van der Waals surface area (Å²) in [7, 11) is 0. The third-order valence-electron chi connectivity index (χ3n) is 2.89. The van der Waals surface area contributed by atoms with Gasteiger partial charge in [0.15, 0.2) is 11.5 Å². The molecule has 108 valence electrons. The van der Waals surface area contributed by atoms with E-state index in [0.29, 0.717) is 22.9 Å². The highest BCUT2D eigenvalue weighted by molar-refractivity contribution is 8.00. The van der Waals surface area contributed by atoms with Gasteiger partial charge in [0.25, 0.3) is 0 Å². The summed E-state index contributed by atoms with van der Waals surface area (Å²) >= 11 is 2.80. The fraction of sp³-hybridized carbons (Fsp3) is 0.231. The van der Waals surface area contributed by atoms with Gasteiger partial charge in [-0.25, -0.2) is 0 Å². The van der Waals surface area contributed by atoms with Gasteiger partial charge in [-0.1, -0.05) is 24.8 Å². The number of thiophene rings is 1. The fourth-order valence-electron chi connectivity index (χ4n) is 1.85. The van der Waals surface area contributed by atoms with E-state index < -0.39 is 11.2 Å². The molecule has 0 saturated carbocycles. The molecule has 3 heterocycles. The minimum absolute atomic E-state index is 0.503. The van der Waals surface area contributed by atoms with E-state index >= 15 is 0 Å². The maximum absolute atomic E-state index is 11.1. The first-order valence-electron chi connectivity index (χ1n) is 6.35. The molecule has 1 unspecified atom stereocenters. The molecule has 3 aromatic heterocycles. The largest absolute Gasteiger partial charge is 0.480 e. The summed E-state index contributed by atoms with van der Waals surface area (Å²) in [5, 5.41) is 23.9. The van der Waals surface area contributed by atoms with E-state index in [-0.39, 0.29) is 0 Å². The normalized spacial score (nSPS) is 12.6. The number of fused-ring (bicyclic) bond motifs is 1. The van der Waals surface area contributed by atoms with Crippen LogP contribution >= 0.6 is 23.1 Å². The molecule has 3 rings (SSSR count). The Balaban J connectivity index is 1.99.